The largest absolute Gasteiger partial charge is 0.465 e. The third-order valence-electron chi connectivity index (χ3n) is 3.35. The molecule has 0 aromatic heterocycles. The molecule has 110 valence electrons. The summed E-state index contributed by atoms with van der Waals surface area (Å²) in [4.78, 5) is 25.6. The van der Waals surface area contributed by atoms with Crippen molar-refractivity contribution >= 4 is 41.2 Å². The summed E-state index contributed by atoms with van der Waals surface area (Å²) in [6.07, 6.45) is 1.52. The molecule has 1 aromatic carbocycles. The van der Waals surface area contributed by atoms with Crippen LogP contribution in [0.1, 0.15) is 12.5 Å². The number of carbonyl (C=O) groups excluding carboxylic acids is 2. The summed E-state index contributed by atoms with van der Waals surface area (Å²) in [5.74, 6) is -0.872. The van der Waals surface area contributed by atoms with Crippen molar-refractivity contribution in [2.45, 2.75) is 6.92 Å². The molecule has 0 radical (unpaired) electrons. The van der Waals surface area contributed by atoms with Crippen LogP contribution in [0.2, 0.25) is 10.0 Å². The van der Waals surface area contributed by atoms with Gasteiger partial charge in [-0.05, 0) is 25.1 Å². The zero-order valence-electron chi connectivity index (χ0n) is 11.7. The lowest BCUT2D eigenvalue weighted by Crippen LogP contribution is -2.19. The zero-order valence-corrected chi connectivity index (χ0v) is 13.2. The van der Waals surface area contributed by atoms with E-state index in [2.05, 4.69) is 0 Å². The zero-order chi connectivity index (χ0) is 15.7. The van der Waals surface area contributed by atoms with Gasteiger partial charge in [-0.3, -0.25) is 4.79 Å². The Morgan fingerprint density at radius 1 is 1.29 bits per heavy atom. The predicted molar refractivity (Wildman–Crippen MR) is 81.9 cm³/mol. The van der Waals surface area contributed by atoms with Gasteiger partial charge in [0.05, 0.1) is 18.3 Å². The molecule has 0 bridgehead atoms. The van der Waals surface area contributed by atoms with E-state index in [-0.39, 0.29) is 17.1 Å². The maximum atomic E-state index is 12.3. The number of esters is 1. The van der Waals surface area contributed by atoms with Crippen LogP contribution in [-0.2, 0) is 14.3 Å². The number of benzene rings is 1. The summed E-state index contributed by atoms with van der Waals surface area (Å²) < 4.78 is 4.75. The number of nitrogens with zero attached hydrogens (tertiary/aromatic N) is 1. The van der Waals surface area contributed by atoms with E-state index in [4.69, 9.17) is 27.9 Å². The van der Waals surface area contributed by atoms with E-state index in [1.807, 2.05) is 0 Å². The van der Waals surface area contributed by atoms with Crippen molar-refractivity contribution in [3.05, 3.63) is 50.7 Å². The molecule has 1 aromatic rings. The first kappa shape index (κ1) is 15.6. The minimum Gasteiger partial charge on any atom is -0.465 e. The normalized spacial score (nSPS) is 16.9. The minimum absolute atomic E-state index is 0.219. The number of likely N-dealkylation sites (N-methyl/N-ethyl adjacent to an activating group) is 1. The first-order chi connectivity index (χ1) is 9.88. The van der Waals surface area contributed by atoms with E-state index in [1.165, 1.54) is 18.1 Å². The molecular weight excluding hydrogens is 313 g/mol. The maximum absolute atomic E-state index is 12.3. The lowest BCUT2D eigenvalue weighted by Gasteiger charge is -2.09. The van der Waals surface area contributed by atoms with Crippen LogP contribution in [0.15, 0.2) is 35.0 Å². The summed E-state index contributed by atoms with van der Waals surface area (Å²) in [7, 11) is 2.86. The maximum Gasteiger partial charge on any atom is 0.340 e. The minimum atomic E-state index is -0.570. The van der Waals surface area contributed by atoms with Gasteiger partial charge in [-0.1, -0.05) is 29.3 Å². The standard InChI is InChI=1S/C15H13Cl2NO3/c1-8-13(15(20)21-3)10(14(19)18(8)2)7-9-11(16)5-4-6-12(9)17/h4-7H,1-3H3/b10-7-. The molecule has 0 spiro atoms. The van der Waals surface area contributed by atoms with Crippen molar-refractivity contribution in [3.63, 3.8) is 0 Å². The van der Waals surface area contributed by atoms with Crippen LogP contribution in [0.25, 0.3) is 6.08 Å². The van der Waals surface area contributed by atoms with Gasteiger partial charge in [0.1, 0.15) is 0 Å². The Morgan fingerprint density at radius 2 is 1.86 bits per heavy atom. The molecule has 1 amide bonds. The molecule has 2 rings (SSSR count). The van der Waals surface area contributed by atoms with Crippen molar-refractivity contribution in [2.24, 2.45) is 0 Å². The van der Waals surface area contributed by atoms with Crippen molar-refractivity contribution in [1.82, 2.24) is 4.90 Å². The third-order valence-corrected chi connectivity index (χ3v) is 4.01. The Hall–Kier alpha value is -1.78. The number of allylic oxidation sites excluding steroid dienone is 1. The molecule has 0 aliphatic carbocycles. The van der Waals surface area contributed by atoms with Gasteiger partial charge in [0.25, 0.3) is 5.91 Å². The fourth-order valence-electron chi connectivity index (χ4n) is 2.09. The molecule has 0 saturated heterocycles. The van der Waals surface area contributed by atoms with Gasteiger partial charge in [-0.15, -0.1) is 0 Å². The van der Waals surface area contributed by atoms with E-state index in [1.54, 1.807) is 32.2 Å². The number of amides is 1. The average molecular weight is 326 g/mol. The summed E-state index contributed by atoms with van der Waals surface area (Å²) in [6, 6.07) is 5.03. The van der Waals surface area contributed by atoms with Gasteiger partial charge in [0.2, 0.25) is 0 Å². The SMILES string of the molecule is COC(=O)C1=C(C)N(C)C(=O)/C1=C\c1c(Cl)cccc1Cl. The van der Waals surface area contributed by atoms with Crippen LogP contribution in [0.3, 0.4) is 0 Å². The summed E-state index contributed by atoms with van der Waals surface area (Å²) in [5.41, 5.74) is 1.47. The van der Waals surface area contributed by atoms with Crippen molar-refractivity contribution in [2.75, 3.05) is 14.2 Å². The van der Waals surface area contributed by atoms with Crippen LogP contribution in [-0.4, -0.2) is 30.9 Å². The fourth-order valence-corrected chi connectivity index (χ4v) is 2.60. The van der Waals surface area contributed by atoms with E-state index < -0.39 is 5.97 Å². The van der Waals surface area contributed by atoms with Gasteiger partial charge in [0.15, 0.2) is 0 Å². The second kappa shape index (κ2) is 5.92. The summed E-state index contributed by atoms with van der Waals surface area (Å²) >= 11 is 12.2. The summed E-state index contributed by atoms with van der Waals surface area (Å²) in [6.45, 7) is 1.68. The first-order valence-electron chi connectivity index (χ1n) is 6.11. The molecule has 4 nitrogen and oxygen atoms in total. The molecule has 0 saturated carbocycles. The van der Waals surface area contributed by atoms with Crippen LogP contribution >= 0.6 is 23.2 Å². The van der Waals surface area contributed by atoms with E-state index in [9.17, 15) is 9.59 Å². The molecule has 6 heteroatoms. The highest BCUT2D eigenvalue weighted by Gasteiger charge is 2.35. The molecular formula is C15H13Cl2NO3. The molecule has 0 fully saturated rings. The van der Waals surface area contributed by atoms with Gasteiger partial charge >= 0.3 is 5.97 Å². The number of ether oxygens (including phenoxy) is 1. The van der Waals surface area contributed by atoms with Crippen molar-refractivity contribution < 1.29 is 14.3 Å². The predicted octanol–water partition coefficient (Wildman–Crippen LogP) is 3.30. The van der Waals surface area contributed by atoms with Gasteiger partial charge in [-0.25, -0.2) is 4.79 Å². The van der Waals surface area contributed by atoms with Crippen LogP contribution in [0.5, 0.6) is 0 Å². The lowest BCUT2D eigenvalue weighted by atomic mass is 10.0. The smallest absolute Gasteiger partial charge is 0.340 e. The Labute approximate surface area is 132 Å². The number of halogens is 2. The topological polar surface area (TPSA) is 46.6 Å². The molecule has 0 unspecified atom stereocenters. The molecule has 21 heavy (non-hydrogen) atoms. The Bertz CT molecular complexity index is 672. The third kappa shape index (κ3) is 2.69. The van der Waals surface area contributed by atoms with E-state index in [0.717, 1.165) is 0 Å². The van der Waals surface area contributed by atoms with E-state index in [0.29, 0.717) is 21.3 Å². The van der Waals surface area contributed by atoms with Crippen molar-refractivity contribution in [1.29, 1.82) is 0 Å². The van der Waals surface area contributed by atoms with Crippen molar-refractivity contribution in [3.8, 4) is 0 Å². The highest BCUT2D eigenvalue weighted by Crippen LogP contribution is 2.33. The Morgan fingerprint density at radius 3 is 2.38 bits per heavy atom. The molecule has 1 aliphatic heterocycles. The number of methoxy groups -OCH3 is 1. The Balaban J connectivity index is 2.63. The van der Waals surface area contributed by atoms with E-state index >= 15 is 0 Å². The van der Waals surface area contributed by atoms with Gasteiger partial charge < -0.3 is 9.64 Å². The van der Waals surface area contributed by atoms with Crippen LogP contribution < -0.4 is 0 Å². The highest BCUT2D eigenvalue weighted by atomic mass is 35.5. The average Bonchev–Trinajstić information content (AvgIpc) is 2.66. The van der Waals surface area contributed by atoms with Gasteiger partial charge in [-0.2, -0.15) is 0 Å². The molecule has 0 N–H and O–H groups in total. The molecule has 1 aliphatic rings. The van der Waals surface area contributed by atoms with Gasteiger partial charge in [0, 0.05) is 28.4 Å². The first-order valence-corrected chi connectivity index (χ1v) is 6.87. The fraction of sp³-hybridized carbons (Fsp3) is 0.200. The number of hydrogen-bond donors (Lipinski definition) is 0. The molecule has 1 heterocycles. The quantitative estimate of drug-likeness (QED) is 0.619. The molecule has 0 atom stereocenters. The number of rotatable bonds is 2. The second-order valence-corrected chi connectivity index (χ2v) is 5.32. The second-order valence-electron chi connectivity index (χ2n) is 4.51. The number of hydrogen-bond acceptors (Lipinski definition) is 3. The Kier molecular flexibility index (Phi) is 4.40. The highest BCUT2D eigenvalue weighted by molar-refractivity contribution is 6.37. The van der Waals surface area contributed by atoms with Crippen LogP contribution in [0.4, 0.5) is 0 Å². The van der Waals surface area contributed by atoms with Crippen LogP contribution in [0, 0.1) is 0 Å². The summed E-state index contributed by atoms with van der Waals surface area (Å²) in [5, 5.41) is 0.804. The monoisotopic (exact) mass is 325 g/mol. The lowest BCUT2D eigenvalue weighted by molar-refractivity contribution is -0.136. The number of carbonyl (C=O) groups is 2.